The van der Waals surface area contributed by atoms with Crippen LogP contribution < -0.4 is 5.56 Å². The molecule has 16 heavy (non-hydrogen) atoms. The molecule has 2 aromatic rings. The molecule has 0 spiro atoms. The zero-order chi connectivity index (χ0) is 11.5. The Morgan fingerprint density at radius 3 is 2.81 bits per heavy atom. The molecule has 0 saturated heterocycles. The molecule has 0 radical (unpaired) electrons. The van der Waals surface area contributed by atoms with Gasteiger partial charge in [-0.2, -0.15) is 0 Å². The van der Waals surface area contributed by atoms with Crippen LogP contribution in [0.1, 0.15) is 18.3 Å². The van der Waals surface area contributed by atoms with Crippen LogP contribution >= 0.6 is 0 Å². The maximum atomic E-state index is 11.4. The molecular formula is C12H13N3O. The summed E-state index contributed by atoms with van der Waals surface area (Å²) in [5.74, 6) is 0.580. The minimum absolute atomic E-state index is 0.123. The number of hydrogen-bond acceptors (Lipinski definition) is 3. The highest BCUT2D eigenvalue weighted by molar-refractivity contribution is 5.53. The van der Waals surface area contributed by atoms with Gasteiger partial charge in [0.15, 0.2) is 0 Å². The third-order valence-corrected chi connectivity index (χ3v) is 2.34. The maximum Gasteiger partial charge on any atom is 0.251 e. The lowest BCUT2D eigenvalue weighted by molar-refractivity contribution is 0.985. The molecule has 0 aliphatic carbocycles. The lowest BCUT2D eigenvalue weighted by Gasteiger charge is -2.02. The molecule has 0 aromatic carbocycles. The minimum atomic E-state index is -0.123. The van der Waals surface area contributed by atoms with Gasteiger partial charge >= 0.3 is 0 Å². The van der Waals surface area contributed by atoms with Crippen molar-refractivity contribution in [3.63, 3.8) is 0 Å². The normalized spacial score (nSPS) is 10.4. The zero-order valence-corrected chi connectivity index (χ0v) is 9.32. The molecule has 0 aliphatic rings. The van der Waals surface area contributed by atoms with E-state index in [1.54, 1.807) is 6.20 Å². The van der Waals surface area contributed by atoms with Gasteiger partial charge in [-0.25, -0.2) is 4.98 Å². The molecule has 1 N–H and O–H groups in total. The number of rotatable bonds is 2. The number of aromatic nitrogens is 3. The second kappa shape index (κ2) is 4.26. The standard InChI is InChI=1S/C12H13N3O/c1-3-10-6-11(16)15-12(14-10)9-5-4-8(2)13-7-9/h4-7H,3H2,1-2H3,(H,14,15,16). The van der Waals surface area contributed by atoms with Crippen molar-refractivity contribution < 1.29 is 0 Å². The van der Waals surface area contributed by atoms with Crippen LogP contribution in [0.4, 0.5) is 0 Å². The van der Waals surface area contributed by atoms with Crippen LogP contribution in [0.5, 0.6) is 0 Å². The van der Waals surface area contributed by atoms with E-state index in [0.717, 1.165) is 23.4 Å². The van der Waals surface area contributed by atoms with Crippen LogP contribution in [0.2, 0.25) is 0 Å². The average Bonchev–Trinajstić information content (AvgIpc) is 2.29. The second-order valence-corrected chi connectivity index (χ2v) is 3.63. The Labute approximate surface area is 93.4 Å². The number of pyridine rings is 1. The number of H-pyrrole nitrogens is 1. The van der Waals surface area contributed by atoms with E-state index in [1.807, 2.05) is 26.0 Å². The molecule has 0 atom stereocenters. The summed E-state index contributed by atoms with van der Waals surface area (Å²) < 4.78 is 0. The van der Waals surface area contributed by atoms with Gasteiger partial charge < -0.3 is 4.98 Å². The summed E-state index contributed by atoms with van der Waals surface area (Å²) in [7, 11) is 0. The average molecular weight is 215 g/mol. The highest BCUT2D eigenvalue weighted by atomic mass is 16.1. The lowest BCUT2D eigenvalue weighted by atomic mass is 10.2. The number of hydrogen-bond donors (Lipinski definition) is 1. The first-order chi connectivity index (χ1) is 7.69. The molecule has 2 heterocycles. The maximum absolute atomic E-state index is 11.4. The zero-order valence-electron chi connectivity index (χ0n) is 9.32. The molecule has 2 aromatic heterocycles. The van der Waals surface area contributed by atoms with E-state index in [1.165, 1.54) is 6.07 Å². The first-order valence-corrected chi connectivity index (χ1v) is 5.22. The Balaban J connectivity index is 2.51. The first kappa shape index (κ1) is 10.5. The first-order valence-electron chi connectivity index (χ1n) is 5.22. The molecule has 4 nitrogen and oxygen atoms in total. The van der Waals surface area contributed by atoms with Crippen molar-refractivity contribution in [3.8, 4) is 11.4 Å². The summed E-state index contributed by atoms with van der Waals surface area (Å²) in [6, 6.07) is 5.32. The van der Waals surface area contributed by atoms with E-state index in [0.29, 0.717) is 5.82 Å². The van der Waals surface area contributed by atoms with Gasteiger partial charge in [0, 0.05) is 29.2 Å². The van der Waals surface area contributed by atoms with Crippen molar-refractivity contribution in [1.82, 2.24) is 15.0 Å². The van der Waals surface area contributed by atoms with Crippen LogP contribution in [-0.4, -0.2) is 15.0 Å². The van der Waals surface area contributed by atoms with E-state index < -0.39 is 0 Å². The Morgan fingerprint density at radius 1 is 1.38 bits per heavy atom. The fraction of sp³-hybridized carbons (Fsp3) is 0.250. The van der Waals surface area contributed by atoms with Crippen LogP contribution in [0.15, 0.2) is 29.2 Å². The molecule has 0 fully saturated rings. The number of aryl methyl sites for hydroxylation is 2. The highest BCUT2D eigenvalue weighted by Gasteiger charge is 2.03. The molecule has 82 valence electrons. The largest absolute Gasteiger partial charge is 0.306 e. The summed E-state index contributed by atoms with van der Waals surface area (Å²) in [6.45, 7) is 3.89. The van der Waals surface area contributed by atoms with Crippen molar-refractivity contribution in [2.75, 3.05) is 0 Å². The molecule has 0 aliphatic heterocycles. The van der Waals surface area contributed by atoms with Gasteiger partial charge in [-0.3, -0.25) is 9.78 Å². The minimum Gasteiger partial charge on any atom is -0.306 e. The van der Waals surface area contributed by atoms with E-state index >= 15 is 0 Å². The van der Waals surface area contributed by atoms with Crippen LogP contribution in [0.25, 0.3) is 11.4 Å². The van der Waals surface area contributed by atoms with Crippen molar-refractivity contribution in [2.45, 2.75) is 20.3 Å². The summed E-state index contributed by atoms with van der Waals surface area (Å²) in [4.78, 5) is 22.6. The van der Waals surface area contributed by atoms with E-state index in [-0.39, 0.29) is 5.56 Å². The van der Waals surface area contributed by atoms with Crippen molar-refractivity contribution in [1.29, 1.82) is 0 Å². The number of aromatic amines is 1. The monoisotopic (exact) mass is 215 g/mol. The number of nitrogens with one attached hydrogen (secondary N) is 1. The third-order valence-electron chi connectivity index (χ3n) is 2.34. The SMILES string of the molecule is CCc1cc(=O)[nH]c(-c2ccc(C)nc2)n1. The summed E-state index contributed by atoms with van der Waals surface area (Å²) in [6.07, 6.45) is 2.46. The van der Waals surface area contributed by atoms with Crippen molar-refractivity contribution in [3.05, 3.63) is 46.1 Å². The molecule has 0 amide bonds. The van der Waals surface area contributed by atoms with Gasteiger partial charge in [-0.15, -0.1) is 0 Å². The van der Waals surface area contributed by atoms with Crippen molar-refractivity contribution >= 4 is 0 Å². The lowest BCUT2D eigenvalue weighted by Crippen LogP contribution is -2.10. The Hall–Kier alpha value is -1.97. The molecular weight excluding hydrogens is 202 g/mol. The van der Waals surface area contributed by atoms with Gasteiger partial charge in [0.05, 0.1) is 0 Å². The van der Waals surface area contributed by atoms with Gasteiger partial charge in [0.2, 0.25) is 0 Å². The van der Waals surface area contributed by atoms with Crippen LogP contribution in [0, 0.1) is 6.92 Å². The van der Waals surface area contributed by atoms with Crippen LogP contribution in [-0.2, 0) is 6.42 Å². The summed E-state index contributed by atoms with van der Waals surface area (Å²) >= 11 is 0. The predicted octanol–water partition coefficient (Wildman–Crippen LogP) is 1.70. The van der Waals surface area contributed by atoms with Gasteiger partial charge in [-0.1, -0.05) is 6.92 Å². The summed E-state index contributed by atoms with van der Waals surface area (Å²) in [5.41, 5.74) is 2.44. The Bertz CT molecular complexity index is 543. The fourth-order valence-electron chi connectivity index (χ4n) is 1.43. The van der Waals surface area contributed by atoms with E-state index in [2.05, 4.69) is 15.0 Å². The Morgan fingerprint density at radius 2 is 2.19 bits per heavy atom. The third kappa shape index (κ3) is 2.16. The molecule has 0 unspecified atom stereocenters. The number of nitrogens with zero attached hydrogens (tertiary/aromatic N) is 2. The highest BCUT2D eigenvalue weighted by Crippen LogP contribution is 2.12. The van der Waals surface area contributed by atoms with E-state index in [4.69, 9.17) is 0 Å². The summed E-state index contributed by atoms with van der Waals surface area (Å²) in [5, 5.41) is 0. The van der Waals surface area contributed by atoms with Gasteiger partial charge in [-0.05, 0) is 25.5 Å². The fourth-order valence-corrected chi connectivity index (χ4v) is 1.43. The molecule has 4 heteroatoms. The molecule has 0 bridgehead atoms. The topological polar surface area (TPSA) is 58.6 Å². The molecule has 0 saturated carbocycles. The van der Waals surface area contributed by atoms with Gasteiger partial charge in [0.1, 0.15) is 5.82 Å². The van der Waals surface area contributed by atoms with E-state index in [9.17, 15) is 4.79 Å². The Kier molecular flexibility index (Phi) is 2.81. The van der Waals surface area contributed by atoms with Crippen LogP contribution in [0.3, 0.4) is 0 Å². The molecule has 2 rings (SSSR count). The quantitative estimate of drug-likeness (QED) is 0.829. The predicted molar refractivity (Wildman–Crippen MR) is 62.2 cm³/mol. The smallest absolute Gasteiger partial charge is 0.251 e. The van der Waals surface area contributed by atoms with Gasteiger partial charge in [0.25, 0.3) is 5.56 Å². The van der Waals surface area contributed by atoms with Crippen molar-refractivity contribution in [2.24, 2.45) is 0 Å². The second-order valence-electron chi connectivity index (χ2n) is 3.63.